The second-order valence-electron chi connectivity index (χ2n) is 7.37. The summed E-state index contributed by atoms with van der Waals surface area (Å²) in [6.07, 6.45) is 4.77. The van der Waals surface area contributed by atoms with Crippen LogP contribution in [0.3, 0.4) is 0 Å². The van der Waals surface area contributed by atoms with Crippen LogP contribution >= 0.6 is 0 Å². The fourth-order valence-electron chi connectivity index (χ4n) is 4.27. The van der Waals surface area contributed by atoms with Gasteiger partial charge in [-0.15, -0.1) is 0 Å². The van der Waals surface area contributed by atoms with Gasteiger partial charge in [0.25, 0.3) is 5.91 Å². The third kappa shape index (κ3) is 2.88. The van der Waals surface area contributed by atoms with E-state index in [0.29, 0.717) is 18.5 Å². The second kappa shape index (κ2) is 6.76. The Morgan fingerprint density at radius 3 is 2.92 bits per heavy atom. The largest absolute Gasteiger partial charge is 0.460 e. The minimum atomic E-state index is -0.350. The molecule has 1 atom stereocenters. The fraction of sp³-hybridized carbons (Fsp3) is 0.500. The molecule has 1 spiro atoms. The van der Waals surface area contributed by atoms with Crippen molar-refractivity contribution in [2.45, 2.75) is 38.7 Å². The minimum Gasteiger partial charge on any atom is -0.460 e. The number of para-hydroxylation sites is 1. The predicted molar refractivity (Wildman–Crippen MR) is 99.0 cm³/mol. The zero-order chi connectivity index (χ0) is 18.1. The number of aromatic amines is 1. The maximum atomic E-state index is 12.6. The highest BCUT2D eigenvalue weighted by molar-refractivity contribution is 6.07. The van der Waals surface area contributed by atoms with Crippen LogP contribution in [0.1, 0.15) is 42.1 Å². The molecular weight excluding hydrogens is 330 g/mol. The van der Waals surface area contributed by atoms with Gasteiger partial charge >= 0.3 is 5.97 Å². The molecule has 6 heteroatoms. The summed E-state index contributed by atoms with van der Waals surface area (Å²) in [6.45, 7) is 4.16. The van der Waals surface area contributed by atoms with Crippen molar-refractivity contribution >= 4 is 22.8 Å². The van der Waals surface area contributed by atoms with E-state index in [9.17, 15) is 9.59 Å². The van der Waals surface area contributed by atoms with E-state index in [1.807, 2.05) is 12.1 Å². The van der Waals surface area contributed by atoms with E-state index in [1.165, 1.54) is 5.56 Å². The number of aryl methyl sites for hydroxylation is 1. The number of benzene rings is 1. The highest BCUT2D eigenvalue weighted by Gasteiger charge is 2.49. The molecule has 3 heterocycles. The van der Waals surface area contributed by atoms with E-state index in [4.69, 9.17) is 4.74 Å². The fourth-order valence-corrected chi connectivity index (χ4v) is 4.27. The molecule has 2 aromatic rings. The topological polar surface area (TPSA) is 83.2 Å². The number of amides is 1. The number of rotatable bonds is 4. The SMILES string of the molecule is CCc1cccc2c(C(=O)NCC3CC4(CCNCC4)C(=O)O3)c[nH]c12. The van der Waals surface area contributed by atoms with Crippen LogP contribution < -0.4 is 10.6 Å². The van der Waals surface area contributed by atoms with E-state index < -0.39 is 0 Å². The molecule has 1 unspecified atom stereocenters. The molecule has 26 heavy (non-hydrogen) atoms. The van der Waals surface area contributed by atoms with Gasteiger partial charge in [0, 0.05) is 23.5 Å². The number of nitrogens with one attached hydrogen (secondary N) is 3. The number of piperidine rings is 1. The molecule has 0 bridgehead atoms. The van der Waals surface area contributed by atoms with E-state index in [1.54, 1.807) is 6.20 Å². The second-order valence-corrected chi connectivity index (χ2v) is 7.37. The Labute approximate surface area is 152 Å². The lowest BCUT2D eigenvalue weighted by atomic mass is 9.76. The standard InChI is InChI=1S/C20H25N3O3/c1-2-13-4-3-5-15-16(12-22-17(13)15)18(24)23-11-14-10-20(19(25)26-14)6-8-21-9-7-20/h3-5,12,14,21-22H,2,6-11H2,1H3,(H,23,24). The van der Waals surface area contributed by atoms with Crippen molar-refractivity contribution in [1.29, 1.82) is 0 Å². The van der Waals surface area contributed by atoms with Crippen molar-refractivity contribution in [2.24, 2.45) is 5.41 Å². The Bertz CT molecular complexity index is 836. The van der Waals surface area contributed by atoms with E-state index in [0.717, 1.165) is 43.3 Å². The molecule has 4 rings (SSSR count). The van der Waals surface area contributed by atoms with Crippen molar-refractivity contribution < 1.29 is 14.3 Å². The molecule has 3 N–H and O–H groups in total. The van der Waals surface area contributed by atoms with Gasteiger partial charge in [0.15, 0.2) is 0 Å². The van der Waals surface area contributed by atoms with Crippen molar-refractivity contribution in [3.8, 4) is 0 Å². The third-order valence-corrected chi connectivity index (χ3v) is 5.80. The van der Waals surface area contributed by atoms with Crippen LogP contribution in [0, 0.1) is 5.41 Å². The van der Waals surface area contributed by atoms with Crippen LogP contribution in [0.5, 0.6) is 0 Å². The van der Waals surface area contributed by atoms with Crippen LogP contribution in [0.2, 0.25) is 0 Å². The van der Waals surface area contributed by atoms with E-state index in [-0.39, 0.29) is 23.4 Å². The average Bonchev–Trinajstić information content (AvgIpc) is 3.22. The first-order valence-corrected chi connectivity index (χ1v) is 9.42. The summed E-state index contributed by atoms with van der Waals surface area (Å²) in [5.41, 5.74) is 2.49. The zero-order valence-electron chi connectivity index (χ0n) is 15.1. The molecule has 1 aromatic heterocycles. The first-order chi connectivity index (χ1) is 12.6. The van der Waals surface area contributed by atoms with Gasteiger partial charge in [0.2, 0.25) is 0 Å². The summed E-state index contributed by atoms with van der Waals surface area (Å²) in [5, 5.41) is 7.16. The van der Waals surface area contributed by atoms with Gasteiger partial charge in [-0.1, -0.05) is 25.1 Å². The number of carbonyl (C=O) groups is 2. The summed E-state index contributed by atoms with van der Waals surface area (Å²) >= 11 is 0. The van der Waals surface area contributed by atoms with Crippen LogP contribution in [0.4, 0.5) is 0 Å². The Morgan fingerprint density at radius 1 is 1.35 bits per heavy atom. The van der Waals surface area contributed by atoms with Crippen molar-refractivity contribution in [1.82, 2.24) is 15.6 Å². The Morgan fingerprint density at radius 2 is 2.15 bits per heavy atom. The Hall–Kier alpha value is -2.34. The molecule has 0 radical (unpaired) electrons. The maximum Gasteiger partial charge on any atom is 0.312 e. The van der Waals surface area contributed by atoms with E-state index >= 15 is 0 Å². The van der Waals surface area contributed by atoms with Gasteiger partial charge in [-0.2, -0.15) is 0 Å². The number of aromatic nitrogens is 1. The molecule has 0 aliphatic carbocycles. The monoisotopic (exact) mass is 355 g/mol. The van der Waals surface area contributed by atoms with Crippen LogP contribution in [-0.2, 0) is 16.0 Å². The van der Waals surface area contributed by atoms with Crippen LogP contribution in [0.15, 0.2) is 24.4 Å². The van der Waals surface area contributed by atoms with Gasteiger partial charge in [-0.25, -0.2) is 0 Å². The Balaban J connectivity index is 1.43. The number of carbonyl (C=O) groups excluding carboxylic acids is 2. The molecule has 1 aromatic carbocycles. The van der Waals surface area contributed by atoms with Crippen LogP contribution in [0.25, 0.3) is 10.9 Å². The lowest BCUT2D eigenvalue weighted by Gasteiger charge is -2.29. The minimum absolute atomic E-state index is 0.0991. The highest BCUT2D eigenvalue weighted by Crippen LogP contribution is 2.41. The number of H-pyrrole nitrogens is 1. The number of hydrogen-bond acceptors (Lipinski definition) is 4. The third-order valence-electron chi connectivity index (χ3n) is 5.80. The molecule has 2 aliphatic heterocycles. The van der Waals surface area contributed by atoms with E-state index in [2.05, 4.69) is 28.6 Å². The molecule has 0 saturated carbocycles. The first kappa shape index (κ1) is 17.1. The number of cyclic esters (lactones) is 1. The van der Waals surface area contributed by atoms with Crippen molar-refractivity contribution in [3.63, 3.8) is 0 Å². The first-order valence-electron chi connectivity index (χ1n) is 9.42. The lowest BCUT2D eigenvalue weighted by Crippen LogP contribution is -2.39. The lowest BCUT2D eigenvalue weighted by molar-refractivity contribution is -0.149. The molecule has 138 valence electrons. The van der Waals surface area contributed by atoms with Gasteiger partial charge < -0.3 is 20.4 Å². The summed E-state index contributed by atoms with van der Waals surface area (Å²) in [4.78, 5) is 28.2. The molecule has 2 fully saturated rings. The zero-order valence-corrected chi connectivity index (χ0v) is 15.1. The molecule has 2 saturated heterocycles. The molecule has 1 amide bonds. The number of esters is 1. The van der Waals surface area contributed by atoms with Crippen LogP contribution in [-0.4, -0.2) is 42.6 Å². The van der Waals surface area contributed by atoms with Gasteiger partial charge in [0.1, 0.15) is 6.10 Å². The van der Waals surface area contributed by atoms with Crippen molar-refractivity contribution in [2.75, 3.05) is 19.6 Å². The summed E-state index contributed by atoms with van der Waals surface area (Å²) in [5.74, 6) is -0.232. The summed E-state index contributed by atoms with van der Waals surface area (Å²) < 4.78 is 5.56. The molecule has 2 aliphatic rings. The average molecular weight is 355 g/mol. The summed E-state index contributed by atoms with van der Waals surface area (Å²) in [6, 6.07) is 6.00. The number of hydrogen-bond donors (Lipinski definition) is 3. The van der Waals surface area contributed by atoms with Gasteiger partial charge in [-0.05, 0) is 37.9 Å². The van der Waals surface area contributed by atoms with Gasteiger partial charge in [0.05, 0.1) is 17.5 Å². The maximum absolute atomic E-state index is 12.6. The normalized spacial score (nSPS) is 21.9. The van der Waals surface area contributed by atoms with Gasteiger partial charge in [-0.3, -0.25) is 9.59 Å². The molecular formula is C20H25N3O3. The molecule has 6 nitrogen and oxygen atoms in total. The summed E-state index contributed by atoms with van der Waals surface area (Å²) in [7, 11) is 0. The smallest absolute Gasteiger partial charge is 0.312 e. The Kier molecular flexibility index (Phi) is 4.44. The number of ether oxygens (including phenoxy) is 1. The highest BCUT2D eigenvalue weighted by atomic mass is 16.6. The van der Waals surface area contributed by atoms with Crippen molar-refractivity contribution in [3.05, 3.63) is 35.5 Å². The number of fused-ring (bicyclic) bond motifs is 1. The quantitative estimate of drug-likeness (QED) is 0.734. The predicted octanol–water partition coefficient (Wildman–Crippen LogP) is 2.15.